The zero-order chi connectivity index (χ0) is 12.8. The first kappa shape index (κ1) is 16.8. The fraction of sp³-hybridized carbons (Fsp3) is 0.933. The van der Waals surface area contributed by atoms with Gasteiger partial charge < -0.3 is 10.6 Å². The molecule has 1 amide bonds. The molecule has 0 aromatic carbocycles. The van der Waals surface area contributed by atoms with Crippen LogP contribution in [0.1, 0.15) is 58.3 Å². The van der Waals surface area contributed by atoms with E-state index in [1.165, 1.54) is 44.9 Å². The number of hydrogen-bond acceptors (Lipinski definition) is 2. The van der Waals surface area contributed by atoms with Crippen molar-refractivity contribution in [2.75, 3.05) is 13.1 Å². The number of rotatable bonds is 4. The summed E-state index contributed by atoms with van der Waals surface area (Å²) < 4.78 is 0. The summed E-state index contributed by atoms with van der Waals surface area (Å²) in [6.45, 7) is 4.23. The zero-order valence-electron chi connectivity index (χ0n) is 12.1. The van der Waals surface area contributed by atoms with Crippen molar-refractivity contribution in [1.82, 2.24) is 10.6 Å². The van der Waals surface area contributed by atoms with E-state index in [4.69, 9.17) is 0 Å². The number of amides is 1. The van der Waals surface area contributed by atoms with Gasteiger partial charge in [-0.15, -0.1) is 12.4 Å². The van der Waals surface area contributed by atoms with Crippen molar-refractivity contribution in [1.29, 1.82) is 0 Å². The Labute approximate surface area is 123 Å². The summed E-state index contributed by atoms with van der Waals surface area (Å²) in [6.07, 6.45) is 10.1. The Balaban J connectivity index is 0.00000180. The Morgan fingerprint density at radius 3 is 2.58 bits per heavy atom. The molecule has 0 bridgehead atoms. The molecule has 1 aliphatic carbocycles. The van der Waals surface area contributed by atoms with Crippen molar-refractivity contribution >= 4 is 18.3 Å². The number of carbonyl (C=O) groups is 1. The third kappa shape index (κ3) is 5.31. The molecule has 1 saturated carbocycles. The quantitative estimate of drug-likeness (QED) is 0.835. The van der Waals surface area contributed by atoms with E-state index in [9.17, 15) is 4.79 Å². The number of nitrogens with one attached hydrogen (secondary N) is 2. The van der Waals surface area contributed by atoms with E-state index in [1.54, 1.807) is 0 Å². The summed E-state index contributed by atoms with van der Waals surface area (Å²) >= 11 is 0. The molecule has 0 radical (unpaired) electrons. The van der Waals surface area contributed by atoms with Crippen LogP contribution in [0.3, 0.4) is 0 Å². The zero-order valence-corrected chi connectivity index (χ0v) is 12.9. The second-order valence-electron chi connectivity index (χ2n) is 6.10. The standard InChI is InChI=1S/C15H28N2O.ClH/c1-12-6-2-3-7-13(12)9-11-17-15(18)14-8-4-5-10-16-14;/h12-14,16H,2-11H2,1H3,(H,17,18);1H. The second kappa shape index (κ2) is 8.80. The molecule has 1 heterocycles. The summed E-state index contributed by atoms with van der Waals surface area (Å²) in [5, 5.41) is 6.42. The first-order valence-electron chi connectivity index (χ1n) is 7.78. The minimum atomic E-state index is 0. The van der Waals surface area contributed by atoms with Gasteiger partial charge in [0.15, 0.2) is 0 Å². The van der Waals surface area contributed by atoms with Crippen molar-refractivity contribution in [3.05, 3.63) is 0 Å². The number of carbonyl (C=O) groups excluding carboxylic acids is 1. The van der Waals surface area contributed by atoms with Crippen LogP contribution >= 0.6 is 12.4 Å². The lowest BCUT2D eigenvalue weighted by molar-refractivity contribution is -0.123. The fourth-order valence-electron chi connectivity index (χ4n) is 3.40. The summed E-state index contributed by atoms with van der Waals surface area (Å²) in [4.78, 5) is 11.9. The average Bonchev–Trinajstić information content (AvgIpc) is 2.42. The molecule has 3 unspecified atom stereocenters. The third-order valence-electron chi connectivity index (χ3n) is 4.73. The highest BCUT2D eigenvalue weighted by molar-refractivity contribution is 5.85. The molecule has 2 N–H and O–H groups in total. The highest BCUT2D eigenvalue weighted by Gasteiger charge is 2.23. The van der Waals surface area contributed by atoms with Gasteiger partial charge in [-0.05, 0) is 37.6 Å². The first-order valence-corrected chi connectivity index (χ1v) is 7.78. The van der Waals surface area contributed by atoms with Crippen LogP contribution in [0.4, 0.5) is 0 Å². The number of halogens is 1. The topological polar surface area (TPSA) is 41.1 Å². The van der Waals surface area contributed by atoms with Crippen molar-refractivity contribution in [2.45, 2.75) is 64.3 Å². The van der Waals surface area contributed by atoms with E-state index in [2.05, 4.69) is 17.6 Å². The van der Waals surface area contributed by atoms with Gasteiger partial charge in [0.1, 0.15) is 0 Å². The molecular formula is C15H29ClN2O. The maximum Gasteiger partial charge on any atom is 0.237 e. The lowest BCUT2D eigenvalue weighted by Crippen LogP contribution is -2.47. The van der Waals surface area contributed by atoms with Crippen LogP contribution in [0.2, 0.25) is 0 Å². The fourth-order valence-corrected chi connectivity index (χ4v) is 3.40. The van der Waals surface area contributed by atoms with Gasteiger partial charge in [0.2, 0.25) is 5.91 Å². The Hall–Kier alpha value is -0.280. The predicted octanol–water partition coefficient (Wildman–Crippen LogP) is 2.88. The minimum absolute atomic E-state index is 0. The summed E-state index contributed by atoms with van der Waals surface area (Å²) in [7, 11) is 0. The lowest BCUT2D eigenvalue weighted by atomic mass is 9.79. The largest absolute Gasteiger partial charge is 0.355 e. The van der Waals surface area contributed by atoms with E-state index >= 15 is 0 Å². The number of hydrogen-bond donors (Lipinski definition) is 2. The van der Waals surface area contributed by atoms with Crippen molar-refractivity contribution in [3.8, 4) is 0 Å². The molecule has 112 valence electrons. The van der Waals surface area contributed by atoms with Crippen LogP contribution < -0.4 is 10.6 Å². The van der Waals surface area contributed by atoms with Crippen molar-refractivity contribution in [2.24, 2.45) is 11.8 Å². The maximum absolute atomic E-state index is 11.9. The maximum atomic E-state index is 11.9. The lowest BCUT2D eigenvalue weighted by Gasteiger charge is -2.29. The van der Waals surface area contributed by atoms with E-state index < -0.39 is 0 Å². The van der Waals surface area contributed by atoms with E-state index in [0.717, 1.165) is 31.3 Å². The summed E-state index contributed by atoms with van der Waals surface area (Å²) in [5.74, 6) is 1.90. The Kier molecular flexibility index (Phi) is 7.77. The third-order valence-corrected chi connectivity index (χ3v) is 4.73. The highest BCUT2D eigenvalue weighted by Crippen LogP contribution is 2.31. The van der Waals surface area contributed by atoms with E-state index in [0.29, 0.717) is 0 Å². The van der Waals surface area contributed by atoms with Crippen LogP contribution in [0.5, 0.6) is 0 Å². The average molecular weight is 289 g/mol. The summed E-state index contributed by atoms with van der Waals surface area (Å²) in [5.41, 5.74) is 0. The van der Waals surface area contributed by atoms with Gasteiger partial charge >= 0.3 is 0 Å². The van der Waals surface area contributed by atoms with Crippen LogP contribution in [0.15, 0.2) is 0 Å². The van der Waals surface area contributed by atoms with E-state index in [-0.39, 0.29) is 24.4 Å². The minimum Gasteiger partial charge on any atom is -0.355 e. The molecule has 0 aromatic rings. The Morgan fingerprint density at radius 1 is 1.16 bits per heavy atom. The molecule has 1 saturated heterocycles. The van der Waals surface area contributed by atoms with Crippen LogP contribution in [-0.4, -0.2) is 25.0 Å². The van der Waals surface area contributed by atoms with Crippen LogP contribution in [-0.2, 0) is 4.79 Å². The van der Waals surface area contributed by atoms with E-state index in [1.807, 2.05) is 0 Å². The molecule has 0 spiro atoms. The van der Waals surface area contributed by atoms with Gasteiger partial charge in [0.25, 0.3) is 0 Å². The SMILES string of the molecule is CC1CCCCC1CCNC(=O)C1CCCCN1.Cl. The normalized spacial score (nSPS) is 31.3. The van der Waals surface area contributed by atoms with Gasteiger partial charge in [0.05, 0.1) is 6.04 Å². The van der Waals surface area contributed by atoms with Crippen molar-refractivity contribution in [3.63, 3.8) is 0 Å². The van der Waals surface area contributed by atoms with Gasteiger partial charge in [-0.3, -0.25) is 4.79 Å². The van der Waals surface area contributed by atoms with Gasteiger partial charge in [-0.2, -0.15) is 0 Å². The van der Waals surface area contributed by atoms with Crippen LogP contribution in [0.25, 0.3) is 0 Å². The molecule has 3 nitrogen and oxygen atoms in total. The summed E-state index contributed by atoms with van der Waals surface area (Å²) in [6, 6.07) is 0.0718. The van der Waals surface area contributed by atoms with Gasteiger partial charge in [-0.1, -0.05) is 39.0 Å². The van der Waals surface area contributed by atoms with Crippen LogP contribution in [0, 0.1) is 11.8 Å². The van der Waals surface area contributed by atoms with Gasteiger partial charge in [-0.25, -0.2) is 0 Å². The van der Waals surface area contributed by atoms with Crippen molar-refractivity contribution < 1.29 is 4.79 Å². The first-order chi connectivity index (χ1) is 8.77. The molecule has 2 rings (SSSR count). The molecule has 3 atom stereocenters. The Morgan fingerprint density at radius 2 is 1.89 bits per heavy atom. The highest BCUT2D eigenvalue weighted by atomic mass is 35.5. The number of piperidine rings is 1. The molecule has 19 heavy (non-hydrogen) atoms. The molecule has 2 fully saturated rings. The molecular weight excluding hydrogens is 260 g/mol. The molecule has 4 heteroatoms. The van der Waals surface area contributed by atoms with Gasteiger partial charge in [0, 0.05) is 6.54 Å². The second-order valence-corrected chi connectivity index (χ2v) is 6.10. The molecule has 1 aliphatic heterocycles. The smallest absolute Gasteiger partial charge is 0.237 e. The molecule has 2 aliphatic rings. The molecule has 0 aromatic heterocycles. The monoisotopic (exact) mass is 288 g/mol. The Bertz CT molecular complexity index is 267. The predicted molar refractivity (Wildman–Crippen MR) is 81.6 cm³/mol.